The summed E-state index contributed by atoms with van der Waals surface area (Å²) >= 11 is 0. The largest absolute Gasteiger partial charge is 0.444 e. The summed E-state index contributed by atoms with van der Waals surface area (Å²) in [7, 11) is -2.04. The van der Waals surface area contributed by atoms with E-state index < -0.39 is 15.8 Å². The number of nitrogens with zero attached hydrogens (tertiary/aromatic N) is 1. The van der Waals surface area contributed by atoms with Gasteiger partial charge in [0.15, 0.2) is 0 Å². The predicted molar refractivity (Wildman–Crippen MR) is 76.5 cm³/mol. The topological polar surface area (TPSA) is 87.7 Å². The molecule has 1 aliphatic rings. The Hall–Kier alpha value is -0.860. The van der Waals surface area contributed by atoms with Gasteiger partial charge in [-0.2, -0.15) is 13.1 Å². The molecule has 1 amide bonds. The minimum atomic E-state index is -3.41. The highest BCUT2D eigenvalue weighted by Gasteiger charge is 2.34. The van der Waals surface area contributed by atoms with Crippen molar-refractivity contribution >= 4 is 16.3 Å². The van der Waals surface area contributed by atoms with Crippen LogP contribution in [0.4, 0.5) is 4.79 Å². The number of likely N-dealkylation sites (tertiary alicyclic amines) is 1. The van der Waals surface area contributed by atoms with Crippen LogP contribution in [0.2, 0.25) is 0 Å². The van der Waals surface area contributed by atoms with Gasteiger partial charge in [-0.05, 0) is 40.0 Å². The number of rotatable bonds is 5. The van der Waals surface area contributed by atoms with Crippen LogP contribution in [0, 0.1) is 5.92 Å². The van der Waals surface area contributed by atoms with Gasteiger partial charge in [0, 0.05) is 26.2 Å². The van der Waals surface area contributed by atoms with E-state index in [9.17, 15) is 13.2 Å². The molecule has 8 heteroatoms. The van der Waals surface area contributed by atoms with Crippen molar-refractivity contribution in [2.24, 2.45) is 5.92 Å². The van der Waals surface area contributed by atoms with Gasteiger partial charge < -0.3 is 9.64 Å². The molecule has 1 aliphatic heterocycles. The third-order valence-corrected chi connectivity index (χ3v) is 4.17. The van der Waals surface area contributed by atoms with Gasteiger partial charge in [0.2, 0.25) is 0 Å². The lowest BCUT2D eigenvalue weighted by molar-refractivity contribution is -0.00302. The summed E-state index contributed by atoms with van der Waals surface area (Å²) in [6, 6.07) is -0.168. The SMILES string of the molecule is CNS(=O)(=O)NC(C)CC1CN(C(=O)OC(C)(C)C)C1. The molecule has 1 fully saturated rings. The first-order chi connectivity index (χ1) is 9.02. The Labute approximate surface area is 121 Å². The molecule has 0 radical (unpaired) electrons. The zero-order valence-electron chi connectivity index (χ0n) is 12.8. The van der Waals surface area contributed by atoms with E-state index in [1.165, 1.54) is 7.05 Å². The third kappa shape index (κ3) is 5.64. The van der Waals surface area contributed by atoms with E-state index in [4.69, 9.17) is 4.74 Å². The summed E-state index contributed by atoms with van der Waals surface area (Å²) < 4.78 is 32.6. The summed E-state index contributed by atoms with van der Waals surface area (Å²) in [5, 5.41) is 0. The minimum Gasteiger partial charge on any atom is -0.444 e. The van der Waals surface area contributed by atoms with Crippen molar-refractivity contribution in [3.05, 3.63) is 0 Å². The summed E-state index contributed by atoms with van der Waals surface area (Å²) in [4.78, 5) is 13.4. The fraction of sp³-hybridized carbons (Fsp3) is 0.917. The van der Waals surface area contributed by atoms with Gasteiger partial charge in [0.1, 0.15) is 5.60 Å². The molecule has 118 valence electrons. The van der Waals surface area contributed by atoms with E-state index in [-0.39, 0.29) is 12.1 Å². The first kappa shape index (κ1) is 17.2. The van der Waals surface area contributed by atoms with Gasteiger partial charge in [-0.25, -0.2) is 9.52 Å². The Morgan fingerprint density at radius 2 is 1.95 bits per heavy atom. The highest BCUT2D eigenvalue weighted by molar-refractivity contribution is 7.87. The lowest BCUT2D eigenvalue weighted by Gasteiger charge is -2.40. The lowest BCUT2D eigenvalue weighted by Crippen LogP contribution is -2.53. The van der Waals surface area contributed by atoms with E-state index in [0.717, 1.165) is 0 Å². The quantitative estimate of drug-likeness (QED) is 0.782. The van der Waals surface area contributed by atoms with Crippen LogP contribution < -0.4 is 9.44 Å². The highest BCUT2D eigenvalue weighted by atomic mass is 32.2. The summed E-state index contributed by atoms with van der Waals surface area (Å²) in [6.45, 7) is 8.52. The van der Waals surface area contributed by atoms with E-state index in [0.29, 0.717) is 25.4 Å². The molecule has 0 bridgehead atoms. The number of hydrogen-bond donors (Lipinski definition) is 2. The van der Waals surface area contributed by atoms with Crippen LogP contribution in [0.15, 0.2) is 0 Å². The summed E-state index contributed by atoms with van der Waals surface area (Å²) in [5.41, 5.74) is -0.488. The Morgan fingerprint density at radius 3 is 2.40 bits per heavy atom. The molecule has 0 aromatic rings. The number of ether oxygens (including phenoxy) is 1. The monoisotopic (exact) mass is 307 g/mol. The molecule has 7 nitrogen and oxygen atoms in total. The van der Waals surface area contributed by atoms with Crippen LogP contribution >= 0.6 is 0 Å². The second kappa shape index (κ2) is 6.28. The maximum Gasteiger partial charge on any atom is 0.410 e. The number of hydrogen-bond acceptors (Lipinski definition) is 4. The van der Waals surface area contributed by atoms with Gasteiger partial charge in [-0.1, -0.05) is 0 Å². The van der Waals surface area contributed by atoms with Crippen LogP contribution in [0.25, 0.3) is 0 Å². The van der Waals surface area contributed by atoms with Gasteiger partial charge in [-0.3, -0.25) is 0 Å². The van der Waals surface area contributed by atoms with Crippen molar-refractivity contribution < 1.29 is 17.9 Å². The predicted octanol–water partition coefficient (Wildman–Crippen LogP) is 0.686. The molecule has 1 heterocycles. The van der Waals surface area contributed by atoms with Gasteiger partial charge in [0.25, 0.3) is 10.2 Å². The number of amides is 1. The Balaban J connectivity index is 2.30. The maximum absolute atomic E-state index is 11.7. The Kier molecular flexibility index (Phi) is 5.39. The fourth-order valence-electron chi connectivity index (χ4n) is 2.07. The molecule has 0 aliphatic carbocycles. The van der Waals surface area contributed by atoms with E-state index in [2.05, 4.69) is 9.44 Å². The van der Waals surface area contributed by atoms with Crippen molar-refractivity contribution in [3.63, 3.8) is 0 Å². The first-order valence-electron chi connectivity index (χ1n) is 6.71. The molecule has 1 rings (SSSR count). The molecule has 1 atom stereocenters. The molecule has 20 heavy (non-hydrogen) atoms. The van der Waals surface area contributed by atoms with Crippen LogP contribution in [-0.4, -0.2) is 51.2 Å². The zero-order chi connectivity index (χ0) is 15.6. The van der Waals surface area contributed by atoms with Gasteiger partial charge in [0.05, 0.1) is 0 Å². The summed E-state index contributed by atoms with van der Waals surface area (Å²) in [5.74, 6) is 0.303. The average Bonchev–Trinajstić information content (AvgIpc) is 2.19. The molecule has 2 N–H and O–H groups in total. The van der Waals surface area contributed by atoms with Crippen molar-refractivity contribution in [1.29, 1.82) is 0 Å². The standard InChI is InChI=1S/C12H25N3O4S/c1-9(14-20(17,18)13-5)6-10-7-15(8-10)11(16)19-12(2,3)4/h9-10,13-14H,6-8H2,1-5H3. The molecule has 0 spiro atoms. The maximum atomic E-state index is 11.7. The van der Waals surface area contributed by atoms with E-state index >= 15 is 0 Å². The number of carbonyl (C=O) groups excluding carboxylic acids is 1. The normalized spacial score (nSPS) is 18.6. The number of carbonyl (C=O) groups is 1. The smallest absolute Gasteiger partial charge is 0.410 e. The average molecular weight is 307 g/mol. The molecule has 0 saturated carbocycles. The van der Waals surface area contributed by atoms with Gasteiger partial charge in [-0.15, -0.1) is 0 Å². The second-order valence-corrected chi connectivity index (χ2v) is 7.86. The first-order valence-corrected chi connectivity index (χ1v) is 8.19. The molecule has 1 unspecified atom stereocenters. The molecule has 0 aromatic heterocycles. The zero-order valence-corrected chi connectivity index (χ0v) is 13.6. The summed E-state index contributed by atoms with van der Waals surface area (Å²) in [6.07, 6.45) is 0.387. The number of nitrogens with one attached hydrogen (secondary N) is 2. The van der Waals surface area contributed by atoms with E-state index in [1.807, 2.05) is 27.7 Å². The van der Waals surface area contributed by atoms with Crippen LogP contribution in [-0.2, 0) is 14.9 Å². The molecular formula is C12H25N3O4S. The van der Waals surface area contributed by atoms with E-state index in [1.54, 1.807) is 4.90 Å². The van der Waals surface area contributed by atoms with Crippen LogP contribution in [0.3, 0.4) is 0 Å². The Bertz CT molecular complexity index is 438. The Morgan fingerprint density at radius 1 is 1.40 bits per heavy atom. The van der Waals surface area contributed by atoms with Crippen molar-refractivity contribution in [2.75, 3.05) is 20.1 Å². The molecule has 1 saturated heterocycles. The lowest BCUT2D eigenvalue weighted by atomic mass is 9.94. The van der Waals surface area contributed by atoms with Crippen molar-refractivity contribution in [1.82, 2.24) is 14.3 Å². The second-order valence-electron chi connectivity index (χ2n) is 6.21. The fourth-order valence-corrected chi connectivity index (χ4v) is 2.81. The van der Waals surface area contributed by atoms with Crippen LogP contribution in [0.5, 0.6) is 0 Å². The van der Waals surface area contributed by atoms with Crippen LogP contribution in [0.1, 0.15) is 34.1 Å². The third-order valence-electron chi connectivity index (χ3n) is 2.92. The van der Waals surface area contributed by atoms with Crippen molar-refractivity contribution in [2.45, 2.75) is 45.8 Å². The molecular weight excluding hydrogens is 282 g/mol. The highest BCUT2D eigenvalue weighted by Crippen LogP contribution is 2.23. The minimum absolute atomic E-state index is 0.168. The van der Waals surface area contributed by atoms with Gasteiger partial charge >= 0.3 is 6.09 Å². The van der Waals surface area contributed by atoms with Crippen molar-refractivity contribution in [3.8, 4) is 0 Å². The molecule has 0 aromatic carbocycles.